The molecule has 0 unspecified atom stereocenters. The second-order valence-electron chi connectivity index (χ2n) is 3.35. The molecular weight excluding hydrogens is 192 g/mol. The maximum absolute atomic E-state index is 13.4. The lowest BCUT2D eigenvalue weighted by Crippen LogP contribution is -2.52. The quantitative estimate of drug-likeness (QED) is 0.709. The van der Waals surface area contributed by atoms with Gasteiger partial charge in [-0.1, -0.05) is 6.42 Å². The summed E-state index contributed by atoms with van der Waals surface area (Å²) >= 11 is 0. The molecule has 0 bridgehead atoms. The number of nitrogens with one attached hydrogen (secondary N) is 1. The standard InChI is InChI=1S/C9H15F2NO2/c1-2-14-8(13)9(10,11)7-5-3-4-6-12-7/h7,12H,2-6H2,1H3/t7-/m0/s1. The number of esters is 1. The van der Waals surface area contributed by atoms with Crippen molar-refractivity contribution >= 4 is 5.97 Å². The second-order valence-corrected chi connectivity index (χ2v) is 3.35. The average Bonchev–Trinajstić information content (AvgIpc) is 2.19. The fourth-order valence-electron chi connectivity index (χ4n) is 1.53. The highest BCUT2D eigenvalue weighted by atomic mass is 19.3. The van der Waals surface area contributed by atoms with Crippen LogP contribution < -0.4 is 5.32 Å². The Balaban J connectivity index is 2.57. The fourth-order valence-corrected chi connectivity index (χ4v) is 1.53. The molecule has 0 radical (unpaired) electrons. The smallest absolute Gasteiger partial charge is 0.378 e. The Morgan fingerprint density at radius 3 is 2.79 bits per heavy atom. The number of piperidine rings is 1. The van der Waals surface area contributed by atoms with Crippen LogP contribution in [0.15, 0.2) is 0 Å². The third kappa shape index (κ3) is 2.41. The van der Waals surface area contributed by atoms with Crippen molar-refractivity contribution in [3.8, 4) is 0 Å². The van der Waals surface area contributed by atoms with Crippen LogP contribution in [0.25, 0.3) is 0 Å². The van der Waals surface area contributed by atoms with Gasteiger partial charge in [-0.15, -0.1) is 0 Å². The molecule has 1 aliphatic heterocycles. The lowest BCUT2D eigenvalue weighted by Gasteiger charge is -2.29. The van der Waals surface area contributed by atoms with E-state index in [4.69, 9.17) is 0 Å². The highest BCUT2D eigenvalue weighted by Gasteiger charge is 2.48. The van der Waals surface area contributed by atoms with Gasteiger partial charge in [0.2, 0.25) is 0 Å². The van der Waals surface area contributed by atoms with Crippen LogP contribution in [0.3, 0.4) is 0 Å². The van der Waals surface area contributed by atoms with Gasteiger partial charge in [-0.3, -0.25) is 0 Å². The molecule has 0 aromatic carbocycles. The van der Waals surface area contributed by atoms with E-state index < -0.39 is 17.9 Å². The molecule has 0 saturated carbocycles. The summed E-state index contributed by atoms with van der Waals surface area (Å²) in [6, 6.07) is -1.06. The Labute approximate surface area is 81.8 Å². The van der Waals surface area contributed by atoms with E-state index >= 15 is 0 Å². The molecule has 1 fully saturated rings. The largest absolute Gasteiger partial charge is 0.462 e. The van der Waals surface area contributed by atoms with Crippen molar-refractivity contribution in [3.05, 3.63) is 0 Å². The van der Waals surface area contributed by atoms with Gasteiger partial charge in [0.25, 0.3) is 0 Å². The minimum absolute atomic E-state index is 0.0128. The Kier molecular flexibility index (Phi) is 3.80. The van der Waals surface area contributed by atoms with E-state index in [0.717, 1.165) is 12.8 Å². The topological polar surface area (TPSA) is 38.3 Å². The van der Waals surface area contributed by atoms with Gasteiger partial charge in [0.1, 0.15) is 0 Å². The molecule has 3 nitrogen and oxygen atoms in total. The third-order valence-corrected chi connectivity index (χ3v) is 2.30. The van der Waals surface area contributed by atoms with Crippen LogP contribution >= 0.6 is 0 Å². The summed E-state index contributed by atoms with van der Waals surface area (Å²) in [5.41, 5.74) is 0. The van der Waals surface area contributed by atoms with E-state index in [1.807, 2.05) is 0 Å². The molecule has 0 spiro atoms. The number of hydrogen-bond donors (Lipinski definition) is 1. The predicted molar refractivity (Wildman–Crippen MR) is 47.2 cm³/mol. The number of carbonyl (C=O) groups is 1. The van der Waals surface area contributed by atoms with Crippen molar-refractivity contribution in [3.63, 3.8) is 0 Å². The van der Waals surface area contributed by atoms with E-state index in [0.29, 0.717) is 13.0 Å². The zero-order chi connectivity index (χ0) is 10.6. The third-order valence-electron chi connectivity index (χ3n) is 2.30. The first kappa shape index (κ1) is 11.4. The molecule has 14 heavy (non-hydrogen) atoms. The molecule has 0 aliphatic carbocycles. The van der Waals surface area contributed by atoms with Gasteiger partial charge in [-0.05, 0) is 26.3 Å². The number of halogens is 2. The minimum atomic E-state index is -3.39. The van der Waals surface area contributed by atoms with Crippen LogP contribution in [0.1, 0.15) is 26.2 Å². The lowest BCUT2D eigenvalue weighted by molar-refractivity contribution is -0.176. The molecule has 0 aromatic heterocycles. The van der Waals surface area contributed by atoms with Crippen molar-refractivity contribution in [2.75, 3.05) is 13.2 Å². The molecule has 0 aromatic rings. The zero-order valence-electron chi connectivity index (χ0n) is 8.19. The first-order chi connectivity index (χ1) is 6.59. The number of alkyl halides is 2. The maximum atomic E-state index is 13.4. The Bertz CT molecular complexity index is 203. The van der Waals surface area contributed by atoms with Crippen molar-refractivity contribution < 1.29 is 18.3 Å². The Morgan fingerprint density at radius 1 is 1.57 bits per heavy atom. The molecule has 1 heterocycles. The van der Waals surface area contributed by atoms with E-state index in [2.05, 4.69) is 10.1 Å². The SMILES string of the molecule is CCOC(=O)C(F)(F)[C@@H]1CCCCN1. The number of hydrogen-bond acceptors (Lipinski definition) is 3. The van der Waals surface area contributed by atoms with Gasteiger partial charge in [0.15, 0.2) is 0 Å². The van der Waals surface area contributed by atoms with E-state index in [1.54, 1.807) is 0 Å². The highest BCUT2D eigenvalue weighted by Crippen LogP contribution is 2.26. The minimum Gasteiger partial charge on any atom is -0.462 e. The average molecular weight is 207 g/mol. The summed E-state index contributed by atoms with van der Waals surface area (Å²) in [6.45, 7) is 2.04. The summed E-state index contributed by atoms with van der Waals surface area (Å²) in [5.74, 6) is -4.81. The van der Waals surface area contributed by atoms with Crippen molar-refractivity contribution in [1.29, 1.82) is 0 Å². The summed E-state index contributed by atoms with van der Waals surface area (Å²) in [6.07, 6.45) is 1.94. The van der Waals surface area contributed by atoms with Gasteiger partial charge in [0.05, 0.1) is 12.6 Å². The van der Waals surface area contributed by atoms with Gasteiger partial charge in [-0.25, -0.2) is 4.79 Å². The first-order valence-corrected chi connectivity index (χ1v) is 4.87. The molecule has 82 valence electrons. The number of rotatable bonds is 3. The van der Waals surface area contributed by atoms with Gasteiger partial charge in [0, 0.05) is 0 Å². The fraction of sp³-hybridized carbons (Fsp3) is 0.889. The molecule has 1 rings (SSSR count). The molecule has 0 amide bonds. The molecular formula is C9H15F2NO2. The van der Waals surface area contributed by atoms with Gasteiger partial charge in [-0.2, -0.15) is 8.78 Å². The molecule has 1 saturated heterocycles. The second kappa shape index (κ2) is 4.68. The molecule has 1 N–H and O–H groups in total. The predicted octanol–water partition coefficient (Wildman–Crippen LogP) is 1.33. The zero-order valence-corrected chi connectivity index (χ0v) is 8.19. The van der Waals surface area contributed by atoms with Crippen LogP contribution in [-0.4, -0.2) is 31.1 Å². The van der Waals surface area contributed by atoms with Crippen molar-refractivity contribution in [2.45, 2.75) is 38.2 Å². The molecule has 1 atom stereocenters. The van der Waals surface area contributed by atoms with Crippen LogP contribution in [0.4, 0.5) is 8.78 Å². The van der Waals surface area contributed by atoms with Crippen LogP contribution in [0.2, 0.25) is 0 Å². The van der Waals surface area contributed by atoms with Gasteiger partial charge >= 0.3 is 11.9 Å². The summed E-state index contributed by atoms with van der Waals surface area (Å²) < 4.78 is 31.0. The molecule has 1 aliphatic rings. The monoisotopic (exact) mass is 207 g/mol. The maximum Gasteiger partial charge on any atom is 0.378 e. The van der Waals surface area contributed by atoms with E-state index in [9.17, 15) is 13.6 Å². The van der Waals surface area contributed by atoms with Crippen LogP contribution in [-0.2, 0) is 9.53 Å². The van der Waals surface area contributed by atoms with Crippen LogP contribution in [0.5, 0.6) is 0 Å². The molecule has 5 heteroatoms. The number of carbonyl (C=O) groups excluding carboxylic acids is 1. The summed E-state index contributed by atoms with van der Waals surface area (Å²) in [7, 11) is 0. The lowest BCUT2D eigenvalue weighted by atomic mass is 9.99. The Morgan fingerprint density at radius 2 is 2.29 bits per heavy atom. The summed E-state index contributed by atoms with van der Waals surface area (Å²) in [4.78, 5) is 11.0. The first-order valence-electron chi connectivity index (χ1n) is 4.87. The van der Waals surface area contributed by atoms with Crippen molar-refractivity contribution in [1.82, 2.24) is 5.32 Å². The Hall–Kier alpha value is -0.710. The van der Waals surface area contributed by atoms with E-state index in [-0.39, 0.29) is 6.61 Å². The van der Waals surface area contributed by atoms with Gasteiger partial charge < -0.3 is 10.1 Å². The van der Waals surface area contributed by atoms with E-state index in [1.165, 1.54) is 6.92 Å². The van der Waals surface area contributed by atoms with Crippen LogP contribution in [0, 0.1) is 0 Å². The number of ether oxygens (including phenoxy) is 1. The van der Waals surface area contributed by atoms with Crippen molar-refractivity contribution in [2.24, 2.45) is 0 Å². The normalized spacial score (nSPS) is 23.2. The summed E-state index contributed by atoms with van der Waals surface area (Å²) in [5, 5.41) is 2.65. The highest BCUT2D eigenvalue weighted by molar-refractivity contribution is 5.78.